The molecule has 2 heterocycles. The van der Waals surface area contributed by atoms with Gasteiger partial charge in [-0.05, 0) is 13.3 Å². The molecule has 0 radical (unpaired) electrons. The SMILES string of the molecule is CCCn1cc(C)nc1NCc1nccs1. The lowest BCUT2D eigenvalue weighted by Crippen LogP contribution is -2.06. The van der Waals surface area contributed by atoms with Crippen molar-refractivity contribution in [2.75, 3.05) is 5.32 Å². The van der Waals surface area contributed by atoms with Gasteiger partial charge in [0.1, 0.15) is 5.01 Å². The highest BCUT2D eigenvalue weighted by molar-refractivity contribution is 7.09. The smallest absolute Gasteiger partial charge is 0.203 e. The van der Waals surface area contributed by atoms with Crippen LogP contribution in [-0.2, 0) is 13.1 Å². The van der Waals surface area contributed by atoms with Crippen molar-refractivity contribution >= 4 is 17.3 Å². The summed E-state index contributed by atoms with van der Waals surface area (Å²) in [5.41, 5.74) is 1.05. The first-order valence-corrected chi connectivity index (χ1v) is 6.33. The van der Waals surface area contributed by atoms with Crippen molar-refractivity contribution in [3.8, 4) is 0 Å². The highest BCUT2D eigenvalue weighted by Gasteiger charge is 2.04. The van der Waals surface area contributed by atoms with E-state index in [0.29, 0.717) is 0 Å². The van der Waals surface area contributed by atoms with Crippen LogP contribution in [0.25, 0.3) is 0 Å². The fourth-order valence-corrected chi connectivity index (χ4v) is 2.15. The number of thiazole rings is 1. The number of hydrogen-bond donors (Lipinski definition) is 1. The summed E-state index contributed by atoms with van der Waals surface area (Å²) in [4.78, 5) is 8.69. The Hall–Kier alpha value is -1.36. The molecular weight excluding hydrogens is 220 g/mol. The van der Waals surface area contributed by atoms with Crippen LogP contribution in [0.2, 0.25) is 0 Å². The van der Waals surface area contributed by atoms with Crippen molar-refractivity contribution in [2.24, 2.45) is 0 Å². The normalized spacial score (nSPS) is 10.6. The van der Waals surface area contributed by atoms with E-state index in [1.807, 2.05) is 18.5 Å². The van der Waals surface area contributed by atoms with Crippen LogP contribution in [0.1, 0.15) is 24.0 Å². The first kappa shape index (κ1) is 11.1. The number of nitrogens with zero attached hydrogens (tertiary/aromatic N) is 3. The summed E-state index contributed by atoms with van der Waals surface area (Å²) >= 11 is 1.66. The molecule has 0 saturated heterocycles. The Labute approximate surface area is 99.4 Å². The average Bonchev–Trinajstić information content (AvgIpc) is 2.86. The molecule has 0 spiro atoms. The van der Waals surface area contributed by atoms with Crippen LogP contribution in [0.4, 0.5) is 5.95 Å². The van der Waals surface area contributed by atoms with Gasteiger partial charge in [0.15, 0.2) is 0 Å². The second-order valence-corrected chi connectivity index (χ2v) is 4.66. The first-order valence-electron chi connectivity index (χ1n) is 5.45. The van der Waals surface area contributed by atoms with Gasteiger partial charge in [-0.25, -0.2) is 9.97 Å². The molecule has 86 valence electrons. The number of aromatic nitrogens is 3. The number of hydrogen-bond acceptors (Lipinski definition) is 4. The van der Waals surface area contributed by atoms with Gasteiger partial charge in [-0.3, -0.25) is 0 Å². The molecule has 16 heavy (non-hydrogen) atoms. The minimum Gasteiger partial charge on any atom is -0.349 e. The second kappa shape index (κ2) is 5.12. The van der Waals surface area contributed by atoms with Gasteiger partial charge in [0.25, 0.3) is 0 Å². The summed E-state index contributed by atoms with van der Waals surface area (Å²) in [6.07, 6.45) is 5.01. The molecule has 0 fully saturated rings. The van der Waals surface area contributed by atoms with Crippen LogP contribution in [0.3, 0.4) is 0 Å². The molecule has 0 aliphatic rings. The van der Waals surface area contributed by atoms with E-state index in [1.54, 1.807) is 11.3 Å². The van der Waals surface area contributed by atoms with Gasteiger partial charge in [0, 0.05) is 24.3 Å². The largest absolute Gasteiger partial charge is 0.349 e. The van der Waals surface area contributed by atoms with Gasteiger partial charge >= 0.3 is 0 Å². The predicted octanol–water partition coefficient (Wildman–Crippen LogP) is 2.67. The first-order chi connectivity index (χ1) is 7.79. The maximum Gasteiger partial charge on any atom is 0.203 e. The lowest BCUT2D eigenvalue weighted by Gasteiger charge is -2.06. The van der Waals surface area contributed by atoms with Gasteiger partial charge < -0.3 is 9.88 Å². The fraction of sp³-hybridized carbons (Fsp3) is 0.455. The zero-order chi connectivity index (χ0) is 11.4. The molecule has 0 saturated carbocycles. The van der Waals surface area contributed by atoms with E-state index in [-0.39, 0.29) is 0 Å². The van der Waals surface area contributed by atoms with E-state index >= 15 is 0 Å². The van der Waals surface area contributed by atoms with Gasteiger partial charge in [-0.15, -0.1) is 11.3 Å². The molecule has 0 atom stereocenters. The molecule has 2 rings (SSSR count). The molecule has 0 aromatic carbocycles. The quantitative estimate of drug-likeness (QED) is 0.868. The van der Waals surface area contributed by atoms with Crippen LogP contribution >= 0.6 is 11.3 Å². The summed E-state index contributed by atoms with van der Waals surface area (Å²) in [5.74, 6) is 0.939. The van der Waals surface area contributed by atoms with Crippen LogP contribution in [-0.4, -0.2) is 14.5 Å². The Morgan fingerprint density at radius 1 is 1.50 bits per heavy atom. The standard InChI is InChI=1S/C11H16N4S/c1-3-5-15-8-9(2)14-11(15)13-7-10-12-4-6-16-10/h4,6,8H,3,5,7H2,1-2H3,(H,13,14). The third-order valence-corrected chi connectivity index (χ3v) is 3.02. The number of anilines is 1. The maximum absolute atomic E-state index is 4.46. The van der Waals surface area contributed by atoms with E-state index in [1.165, 1.54) is 0 Å². The third kappa shape index (κ3) is 2.61. The lowest BCUT2D eigenvalue weighted by molar-refractivity contribution is 0.681. The average molecular weight is 236 g/mol. The fourth-order valence-electron chi connectivity index (χ4n) is 1.59. The Morgan fingerprint density at radius 3 is 3.06 bits per heavy atom. The Balaban J connectivity index is 2.02. The lowest BCUT2D eigenvalue weighted by atomic mass is 10.5. The Kier molecular flexibility index (Phi) is 3.56. The second-order valence-electron chi connectivity index (χ2n) is 3.68. The molecule has 1 N–H and O–H groups in total. The zero-order valence-electron chi connectivity index (χ0n) is 9.60. The number of nitrogens with one attached hydrogen (secondary N) is 1. The third-order valence-electron chi connectivity index (χ3n) is 2.24. The van der Waals surface area contributed by atoms with Gasteiger partial charge in [0.2, 0.25) is 5.95 Å². The van der Waals surface area contributed by atoms with Crippen molar-refractivity contribution in [1.29, 1.82) is 0 Å². The number of rotatable bonds is 5. The number of aryl methyl sites for hydroxylation is 2. The van der Waals surface area contributed by atoms with E-state index < -0.39 is 0 Å². The highest BCUT2D eigenvalue weighted by Crippen LogP contribution is 2.12. The topological polar surface area (TPSA) is 42.7 Å². The van der Waals surface area contributed by atoms with Crippen molar-refractivity contribution in [1.82, 2.24) is 14.5 Å². The summed E-state index contributed by atoms with van der Waals surface area (Å²) < 4.78 is 2.16. The highest BCUT2D eigenvalue weighted by atomic mass is 32.1. The van der Waals surface area contributed by atoms with Crippen LogP contribution < -0.4 is 5.32 Å². The molecule has 0 aliphatic carbocycles. The van der Waals surface area contributed by atoms with E-state index in [4.69, 9.17) is 0 Å². The van der Waals surface area contributed by atoms with Crippen molar-refractivity contribution in [3.63, 3.8) is 0 Å². The molecule has 2 aromatic heterocycles. The zero-order valence-corrected chi connectivity index (χ0v) is 10.4. The monoisotopic (exact) mass is 236 g/mol. The summed E-state index contributed by atoms with van der Waals surface area (Å²) in [7, 11) is 0. The van der Waals surface area contributed by atoms with Crippen molar-refractivity contribution in [3.05, 3.63) is 28.5 Å². The molecule has 4 nitrogen and oxygen atoms in total. The van der Waals surface area contributed by atoms with Gasteiger partial charge in [0.05, 0.1) is 12.2 Å². The molecular formula is C11H16N4S. The summed E-state index contributed by atoms with van der Waals surface area (Å²) in [6.45, 7) is 5.93. The van der Waals surface area contributed by atoms with Crippen molar-refractivity contribution < 1.29 is 0 Å². The van der Waals surface area contributed by atoms with Crippen molar-refractivity contribution in [2.45, 2.75) is 33.4 Å². The van der Waals surface area contributed by atoms with E-state index in [2.05, 4.69) is 33.0 Å². The molecule has 0 amide bonds. The summed E-state index contributed by atoms with van der Waals surface area (Å²) in [5, 5.41) is 6.39. The van der Waals surface area contributed by atoms with Crippen LogP contribution in [0.15, 0.2) is 17.8 Å². The molecule has 0 bridgehead atoms. The van der Waals surface area contributed by atoms with E-state index in [0.717, 1.165) is 36.2 Å². The van der Waals surface area contributed by atoms with Crippen LogP contribution in [0, 0.1) is 6.92 Å². The van der Waals surface area contributed by atoms with E-state index in [9.17, 15) is 0 Å². The minimum absolute atomic E-state index is 0.748. The van der Waals surface area contributed by atoms with Gasteiger partial charge in [-0.2, -0.15) is 0 Å². The van der Waals surface area contributed by atoms with Crippen LogP contribution in [0.5, 0.6) is 0 Å². The Bertz CT molecular complexity index is 433. The molecule has 0 aliphatic heterocycles. The van der Waals surface area contributed by atoms with Gasteiger partial charge in [-0.1, -0.05) is 6.92 Å². The molecule has 5 heteroatoms. The number of imidazole rings is 1. The summed E-state index contributed by atoms with van der Waals surface area (Å²) in [6, 6.07) is 0. The molecule has 2 aromatic rings. The minimum atomic E-state index is 0.748. The maximum atomic E-state index is 4.46. The predicted molar refractivity (Wildman–Crippen MR) is 66.7 cm³/mol. The Morgan fingerprint density at radius 2 is 2.38 bits per heavy atom. The molecule has 0 unspecified atom stereocenters.